The van der Waals surface area contributed by atoms with Crippen molar-refractivity contribution >= 4 is 23.4 Å². The first-order valence-corrected chi connectivity index (χ1v) is 8.99. The molecule has 8 heteroatoms. The summed E-state index contributed by atoms with van der Waals surface area (Å²) >= 11 is 0. The monoisotopic (exact) mass is 353 g/mol. The molecule has 1 saturated carbocycles. The van der Waals surface area contributed by atoms with Crippen molar-refractivity contribution in [1.82, 2.24) is 20.3 Å². The van der Waals surface area contributed by atoms with Crippen molar-refractivity contribution in [2.24, 2.45) is 5.73 Å². The van der Waals surface area contributed by atoms with Gasteiger partial charge in [-0.1, -0.05) is 0 Å². The van der Waals surface area contributed by atoms with Gasteiger partial charge in [0.25, 0.3) is 5.91 Å². The van der Waals surface area contributed by atoms with Gasteiger partial charge in [-0.2, -0.15) is 4.98 Å². The lowest BCUT2D eigenvalue weighted by Gasteiger charge is -2.34. The Morgan fingerprint density at radius 2 is 2.15 bits per heavy atom. The molecule has 26 heavy (non-hydrogen) atoms. The van der Waals surface area contributed by atoms with Crippen LogP contribution in [0.5, 0.6) is 0 Å². The van der Waals surface area contributed by atoms with Crippen LogP contribution < -0.4 is 21.3 Å². The van der Waals surface area contributed by atoms with E-state index in [-0.39, 0.29) is 11.6 Å². The molecule has 4 N–H and O–H groups in total. The second-order valence-corrected chi connectivity index (χ2v) is 6.91. The van der Waals surface area contributed by atoms with Gasteiger partial charge >= 0.3 is 0 Å². The summed E-state index contributed by atoms with van der Waals surface area (Å²) in [4.78, 5) is 27.3. The molecule has 0 unspecified atom stereocenters. The van der Waals surface area contributed by atoms with Crippen LogP contribution in [-0.4, -0.2) is 46.5 Å². The molecular formula is C18H23N7O. The summed E-state index contributed by atoms with van der Waals surface area (Å²) in [6, 6.07) is 4.25. The average Bonchev–Trinajstić information content (AvgIpc) is 3.48. The Labute approximate surface area is 152 Å². The number of anilines is 3. The van der Waals surface area contributed by atoms with Crippen LogP contribution in [0.1, 0.15) is 41.7 Å². The molecule has 1 saturated heterocycles. The zero-order chi connectivity index (χ0) is 18.1. The Balaban J connectivity index is 1.61. The van der Waals surface area contributed by atoms with E-state index in [1.165, 1.54) is 19.0 Å². The number of aromatic nitrogens is 3. The fourth-order valence-corrected chi connectivity index (χ4v) is 3.16. The Kier molecular flexibility index (Phi) is 4.42. The summed E-state index contributed by atoms with van der Waals surface area (Å²) in [5.74, 6) is 1.04. The molecule has 1 amide bonds. The van der Waals surface area contributed by atoms with Gasteiger partial charge in [0.2, 0.25) is 5.95 Å². The lowest BCUT2D eigenvalue weighted by Crippen LogP contribution is -2.50. The first-order chi connectivity index (χ1) is 12.6. The van der Waals surface area contributed by atoms with E-state index in [2.05, 4.69) is 37.4 Å². The van der Waals surface area contributed by atoms with Gasteiger partial charge in [0, 0.05) is 43.5 Å². The van der Waals surface area contributed by atoms with Crippen molar-refractivity contribution < 1.29 is 4.79 Å². The highest BCUT2D eigenvalue weighted by Gasteiger charge is 2.25. The number of nitrogens with zero attached hydrogens (tertiary/aromatic N) is 4. The third-order valence-corrected chi connectivity index (χ3v) is 4.84. The van der Waals surface area contributed by atoms with Crippen molar-refractivity contribution in [3.8, 4) is 0 Å². The fourth-order valence-electron chi connectivity index (χ4n) is 3.16. The van der Waals surface area contributed by atoms with Crippen LogP contribution in [0.4, 0.5) is 17.5 Å². The number of carbonyl (C=O) groups excluding carboxylic acids is 1. The fraction of sp³-hybridized carbons (Fsp3) is 0.444. The maximum Gasteiger partial charge on any atom is 0.254 e. The van der Waals surface area contributed by atoms with E-state index >= 15 is 0 Å². The first-order valence-electron chi connectivity index (χ1n) is 8.99. The van der Waals surface area contributed by atoms with Gasteiger partial charge in [-0.3, -0.25) is 9.78 Å². The van der Waals surface area contributed by atoms with Gasteiger partial charge in [-0.05, 0) is 31.9 Å². The van der Waals surface area contributed by atoms with Gasteiger partial charge in [-0.25, -0.2) is 4.98 Å². The zero-order valence-electron chi connectivity index (χ0n) is 14.8. The number of pyridine rings is 1. The van der Waals surface area contributed by atoms with E-state index in [9.17, 15) is 4.79 Å². The summed E-state index contributed by atoms with van der Waals surface area (Å²) < 4.78 is 0. The second kappa shape index (κ2) is 6.87. The van der Waals surface area contributed by atoms with Gasteiger partial charge in [0.15, 0.2) is 0 Å². The minimum atomic E-state index is -0.560. The number of piperazine rings is 1. The molecule has 0 aromatic carbocycles. The van der Waals surface area contributed by atoms with Crippen molar-refractivity contribution in [3.63, 3.8) is 0 Å². The third kappa shape index (κ3) is 3.45. The number of hydrogen-bond acceptors (Lipinski definition) is 7. The molecular weight excluding hydrogens is 330 g/mol. The maximum atomic E-state index is 11.8. The van der Waals surface area contributed by atoms with E-state index in [1.54, 1.807) is 6.20 Å². The number of amides is 1. The van der Waals surface area contributed by atoms with Crippen molar-refractivity contribution in [3.05, 3.63) is 35.8 Å². The maximum absolute atomic E-state index is 11.8. The molecule has 8 nitrogen and oxygen atoms in total. The molecule has 2 fully saturated rings. The molecule has 1 aliphatic carbocycles. The van der Waals surface area contributed by atoms with E-state index in [1.807, 2.05) is 12.1 Å². The number of nitrogens with two attached hydrogens (primary N) is 1. The van der Waals surface area contributed by atoms with Crippen LogP contribution >= 0.6 is 0 Å². The Morgan fingerprint density at radius 1 is 1.31 bits per heavy atom. The first kappa shape index (κ1) is 16.7. The molecule has 2 aromatic heterocycles. The molecule has 1 aliphatic heterocycles. The smallest absolute Gasteiger partial charge is 0.254 e. The van der Waals surface area contributed by atoms with Crippen LogP contribution in [0.15, 0.2) is 24.5 Å². The van der Waals surface area contributed by atoms with Crippen molar-refractivity contribution in [2.45, 2.75) is 31.7 Å². The quantitative estimate of drug-likeness (QED) is 0.745. The standard InChI is InChI=1S/C18H23N7O/c1-11-8-20-6-7-25(11)18-22-10-14(16(19)26)17(24-18)23-13-4-5-15(21-9-13)12-2-3-12/h4-5,9-12,20H,2-3,6-8H2,1H3,(H2,19,26)(H,22,23,24)/t11-/m1/s1. The summed E-state index contributed by atoms with van der Waals surface area (Å²) in [5, 5.41) is 6.52. The normalized spacial score (nSPS) is 20.0. The Morgan fingerprint density at radius 3 is 2.81 bits per heavy atom. The molecule has 3 heterocycles. The molecule has 0 spiro atoms. The van der Waals surface area contributed by atoms with Crippen LogP contribution in [0.2, 0.25) is 0 Å². The van der Waals surface area contributed by atoms with Gasteiger partial charge < -0.3 is 21.3 Å². The van der Waals surface area contributed by atoms with Crippen LogP contribution in [0, 0.1) is 0 Å². The average molecular weight is 353 g/mol. The predicted molar refractivity (Wildman–Crippen MR) is 99.7 cm³/mol. The zero-order valence-corrected chi connectivity index (χ0v) is 14.8. The SMILES string of the molecule is C[C@@H]1CNCCN1c1ncc(C(N)=O)c(Nc2ccc(C3CC3)nc2)n1. The topological polar surface area (TPSA) is 109 Å². The highest BCUT2D eigenvalue weighted by Crippen LogP contribution is 2.39. The molecule has 4 rings (SSSR count). The minimum absolute atomic E-state index is 0.266. The van der Waals surface area contributed by atoms with Crippen molar-refractivity contribution in [2.75, 3.05) is 29.9 Å². The Hall–Kier alpha value is -2.74. The number of rotatable bonds is 5. The lowest BCUT2D eigenvalue weighted by atomic mass is 10.2. The van der Waals surface area contributed by atoms with Gasteiger partial charge in [0.05, 0.1) is 11.9 Å². The second-order valence-electron chi connectivity index (χ2n) is 6.91. The molecule has 1 atom stereocenters. The molecule has 2 aliphatic rings. The highest BCUT2D eigenvalue weighted by molar-refractivity contribution is 5.98. The summed E-state index contributed by atoms with van der Waals surface area (Å²) in [6.07, 6.45) is 5.69. The number of carbonyl (C=O) groups is 1. The van der Waals surface area contributed by atoms with Gasteiger partial charge in [0.1, 0.15) is 11.4 Å². The Bertz CT molecular complexity index is 804. The van der Waals surface area contributed by atoms with Crippen LogP contribution in [-0.2, 0) is 0 Å². The number of primary amides is 1. The lowest BCUT2D eigenvalue weighted by molar-refractivity contribution is 0.100. The van der Waals surface area contributed by atoms with Gasteiger partial charge in [-0.15, -0.1) is 0 Å². The van der Waals surface area contributed by atoms with Crippen LogP contribution in [0.25, 0.3) is 0 Å². The minimum Gasteiger partial charge on any atom is -0.365 e. The predicted octanol–water partition coefficient (Wildman–Crippen LogP) is 1.39. The summed E-state index contributed by atoms with van der Waals surface area (Å²) in [7, 11) is 0. The molecule has 0 radical (unpaired) electrons. The number of hydrogen-bond donors (Lipinski definition) is 3. The largest absolute Gasteiger partial charge is 0.365 e. The van der Waals surface area contributed by atoms with Crippen molar-refractivity contribution in [1.29, 1.82) is 0 Å². The highest BCUT2D eigenvalue weighted by atomic mass is 16.1. The van der Waals surface area contributed by atoms with E-state index in [4.69, 9.17) is 5.73 Å². The third-order valence-electron chi connectivity index (χ3n) is 4.84. The molecule has 2 aromatic rings. The number of nitrogens with one attached hydrogen (secondary N) is 2. The van der Waals surface area contributed by atoms with E-state index < -0.39 is 5.91 Å². The van der Waals surface area contributed by atoms with E-state index in [0.717, 1.165) is 31.0 Å². The van der Waals surface area contributed by atoms with E-state index in [0.29, 0.717) is 17.7 Å². The summed E-state index contributed by atoms with van der Waals surface area (Å²) in [5.41, 5.74) is 7.65. The summed E-state index contributed by atoms with van der Waals surface area (Å²) in [6.45, 7) is 4.68. The molecule has 0 bridgehead atoms. The van der Waals surface area contributed by atoms with Crippen LogP contribution in [0.3, 0.4) is 0 Å². The molecule has 136 valence electrons.